The molecule has 1 fully saturated rings. The lowest BCUT2D eigenvalue weighted by Crippen LogP contribution is -2.30. The summed E-state index contributed by atoms with van der Waals surface area (Å²) in [6.07, 6.45) is 0.405. The maximum Gasteiger partial charge on any atom is 0.135 e. The molecule has 5 heteroatoms. The number of benzene rings is 1. The molecule has 3 rings (SSSR count). The summed E-state index contributed by atoms with van der Waals surface area (Å²) < 4.78 is 18.9. The molecule has 3 atom stereocenters. The number of fused-ring (bicyclic) bond motifs is 1. The molecule has 2 aromatic rings. The van der Waals surface area contributed by atoms with Crippen molar-refractivity contribution in [2.75, 3.05) is 11.5 Å². The highest BCUT2D eigenvalue weighted by Gasteiger charge is 2.33. The van der Waals surface area contributed by atoms with Gasteiger partial charge < -0.3 is 9.52 Å². The van der Waals surface area contributed by atoms with E-state index in [1.54, 1.807) is 23.9 Å². The Morgan fingerprint density at radius 1 is 1.35 bits per heavy atom. The van der Waals surface area contributed by atoms with Crippen molar-refractivity contribution in [2.24, 2.45) is 0 Å². The van der Waals surface area contributed by atoms with Gasteiger partial charge in [-0.15, -0.1) is 0 Å². The molecule has 0 aliphatic carbocycles. The molecule has 1 N–H and O–H groups in total. The van der Waals surface area contributed by atoms with Crippen LogP contribution in [0.5, 0.6) is 0 Å². The van der Waals surface area contributed by atoms with Crippen molar-refractivity contribution in [2.45, 2.75) is 29.9 Å². The minimum absolute atomic E-state index is 0.143. The molecule has 0 amide bonds. The second-order valence-corrected chi connectivity index (χ2v) is 7.56. The molecule has 20 heavy (non-hydrogen) atoms. The van der Waals surface area contributed by atoms with Crippen LogP contribution < -0.4 is 0 Å². The van der Waals surface area contributed by atoms with E-state index in [1.807, 2.05) is 11.8 Å². The van der Waals surface area contributed by atoms with Crippen LogP contribution in [-0.2, 0) is 0 Å². The van der Waals surface area contributed by atoms with Crippen molar-refractivity contribution in [3.8, 4) is 0 Å². The fourth-order valence-electron chi connectivity index (χ4n) is 2.57. The van der Waals surface area contributed by atoms with Crippen LogP contribution in [0.2, 0.25) is 0 Å². The molecule has 2 nitrogen and oxygen atoms in total. The first-order valence-corrected chi connectivity index (χ1v) is 8.89. The third kappa shape index (κ3) is 2.71. The van der Waals surface area contributed by atoms with Crippen molar-refractivity contribution in [3.05, 3.63) is 35.8 Å². The lowest BCUT2D eigenvalue weighted by Gasteiger charge is -2.32. The fourth-order valence-corrected chi connectivity index (χ4v) is 5.69. The van der Waals surface area contributed by atoms with E-state index in [1.165, 1.54) is 12.1 Å². The van der Waals surface area contributed by atoms with E-state index in [-0.39, 0.29) is 11.1 Å². The summed E-state index contributed by atoms with van der Waals surface area (Å²) >= 11 is 3.73. The predicted molar refractivity (Wildman–Crippen MR) is 83.9 cm³/mol. The SMILES string of the molecule is CCC1SCCSC1C(O)c1cc2cc(F)ccc2o1. The van der Waals surface area contributed by atoms with Gasteiger partial charge in [-0.1, -0.05) is 6.92 Å². The summed E-state index contributed by atoms with van der Waals surface area (Å²) in [5.41, 5.74) is 0.627. The normalized spacial score (nSPS) is 24.9. The van der Waals surface area contributed by atoms with Gasteiger partial charge in [0, 0.05) is 27.4 Å². The van der Waals surface area contributed by atoms with E-state index >= 15 is 0 Å². The minimum Gasteiger partial charge on any atom is -0.458 e. The average molecular weight is 312 g/mol. The van der Waals surface area contributed by atoms with Crippen LogP contribution in [0.25, 0.3) is 11.0 Å². The molecule has 1 saturated heterocycles. The summed E-state index contributed by atoms with van der Waals surface area (Å²) in [5.74, 6) is 2.45. The Bertz CT molecular complexity index is 599. The molecular weight excluding hydrogens is 295 g/mol. The van der Waals surface area contributed by atoms with Gasteiger partial charge >= 0.3 is 0 Å². The number of rotatable bonds is 3. The maximum atomic E-state index is 13.2. The Labute approximate surface area is 126 Å². The molecule has 1 aliphatic heterocycles. The van der Waals surface area contributed by atoms with Gasteiger partial charge in [-0.2, -0.15) is 23.5 Å². The van der Waals surface area contributed by atoms with Gasteiger partial charge in [0.05, 0.1) is 0 Å². The number of halogens is 1. The molecule has 1 aliphatic rings. The molecule has 1 aromatic heterocycles. The minimum atomic E-state index is -0.631. The zero-order valence-electron chi connectivity index (χ0n) is 11.2. The average Bonchev–Trinajstić information content (AvgIpc) is 2.89. The maximum absolute atomic E-state index is 13.2. The van der Waals surface area contributed by atoms with Crippen LogP contribution in [0, 0.1) is 5.82 Å². The van der Waals surface area contributed by atoms with E-state index in [0.29, 0.717) is 22.0 Å². The largest absolute Gasteiger partial charge is 0.458 e. The summed E-state index contributed by atoms with van der Waals surface area (Å²) in [6, 6.07) is 6.19. The standard InChI is InChI=1S/C15H17FO2S2/c1-2-13-15(20-6-5-19-13)14(17)12-8-9-7-10(16)3-4-11(9)18-12/h3-4,7-8,13-15,17H,2,5-6H2,1H3. The van der Waals surface area contributed by atoms with Crippen molar-refractivity contribution < 1.29 is 13.9 Å². The molecule has 0 spiro atoms. The van der Waals surface area contributed by atoms with E-state index in [2.05, 4.69) is 6.92 Å². The zero-order chi connectivity index (χ0) is 14.1. The van der Waals surface area contributed by atoms with Crippen molar-refractivity contribution in [3.63, 3.8) is 0 Å². The van der Waals surface area contributed by atoms with E-state index in [9.17, 15) is 9.50 Å². The molecule has 1 aromatic carbocycles. The van der Waals surface area contributed by atoms with Crippen LogP contribution in [0.1, 0.15) is 25.2 Å². The van der Waals surface area contributed by atoms with Gasteiger partial charge in [0.25, 0.3) is 0 Å². The Morgan fingerprint density at radius 3 is 2.95 bits per heavy atom. The van der Waals surface area contributed by atoms with Crippen LogP contribution in [-0.4, -0.2) is 27.1 Å². The smallest absolute Gasteiger partial charge is 0.135 e. The summed E-state index contributed by atoms with van der Waals surface area (Å²) in [7, 11) is 0. The lowest BCUT2D eigenvalue weighted by molar-refractivity contribution is 0.147. The molecular formula is C15H17FO2S2. The Morgan fingerprint density at radius 2 is 2.15 bits per heavy atom. The van der Waals surface area contributed by atoms with Gasteiger partial charge in [0.15, 0.2) is 0 Å². The Kier molecular flexibility index (Phi) is 4.29. The second kappa shape index (κ2) is 6.00. The first-order chi connectivity index (χ1) is 9.69. The zero-order valence-corrected chi connectivity index (χ0v) is 12.8. The third-order valence-corrected chi connectivity index (χ3v) is 6.93. The van der Waals surface area contributed by atoms with E-state index < -0.39 is 6.10 Å². The van der Waals surface area contributed by atoms with Crippen LogP contribution in [0.15, 0.2) is 28.7 Å². The first-order valence-electron chi connectivity index (χ1n) is 6.79. The third-order valence-electron chi connectivity index (χ3n) is 3.59. The van der Waals surface area contributed by atoms with Crippen molar-refractivity contribution >= 4 is 34.5 Å². The highest BCUT2D eigenvalue weighted by Crippen LogP contribution is 2.41. The van der Waals surface area contributed by atoms with Gasteiger partial charge in [-0.05, 0) is 30.7 Å². The van der Waals surface area contributed by atoms with Gasteiger partial charge in [0.2, 0.25) is 0 Å². The lowest BCUT2D eigenvalue weighted by atomic mass is 10.1. The molecule has 0 radical (unpaired) electrons. The van der Waals surface area contributed by atoms with E-state index in [4.69, 9.17) is 4.42 Å². The monoisotopic (exact) mass is 312 g/mol. The number of hydrogen-bond donors (Lipinski definition) is 1. The summed E-state index contributed by atoms with van der Waals surface area (Å²) in [4.78, 5) is 0. The Balaban J connectivity index is 1.89. The Hall–Kier alpha value is -0.650. The van der Waals surface area contributed by atoms with E-state index in [0.717, 1.165) is 17.9 Å². The number of aliphatic hydroxyl groups excluding tert-OH is 1. The molecule has 2 heterocycles. The predicted octanol–water partition coefficient (Wildman–Crippen LogP) is 4.23. The quantitative estimate of drug-likeness (QED) is 0.919. The molecule has 0 bridgehead atoms. The molecule has 0 saturated carbocycles. The van der Waals surface area contributed by atoms with Gasteiger partial charge in [-0.3, -0.25) is 0 Å². The van der Waals surface area contributed by atoms with Crippen molar-refractivity contribution in [1.29, 1.82) is 0 Å². The summed E-state index contributed by atoms with van der Waals surface area (Å²) in [5, 5.41) is 11.9. The number of furan rings is 1. The highest BCUT2D eigenvalue weighted by atomic mass is 32.2. The molecule has 3 unspecified atom stereocenters. The number of aliphatic hydroxyl groups is 1. The number of thioether (sulfide) groups is 2. The van der Waals surface area contributed by atoms with Gasteiger partial charge in [-0.25, -0.2) is 4.39 Å². The van der Waals surface area contributed by atoms with Gasteiger partial charge in [0.1, 0.15) is 23.3 Å². The molecule has 108 valence electrons. The second-order valence-electron chi connectivity index (χ2n) is 4.93. The summed E-state index contributed by atoms with van der Waals surface area (Å²) in [6.45, 7) is 2.15. The van der Waals surface area contributed by atoms with Crippen LogP contribution in [0.3, 0.4) is 0 Å². The van der Waals surface area contributed by atoms with Crippen LogP contribution >= 0.6 is 23.5 Å². The van der Waals surface area contributed by atoms with Crippen molar-refractivity contribution in [1.82, 2.24) is 0 Å². The highest BCUT2D eigenvalue weighted by molar-refractivity contribution is 8.07. The first kappa shape index (κ1) is 14.3. The topological polar surface area (TPSA) is 33.4 Å². The number of hydrogen-bond acceptors (Lipinski definition) is 4. The van der Waals surface area contributed by atoms with Crippen LogP contribution in [0.4, 0.5) is 4.39 Å². The fraction of sp³-hybridized carbons (Fsp3) is 0.467.